The summed E-state index contributed by atoms with van der Waals surface area (Å²) in [6, 6.07) is 0. The normalized spacial score (nSPS) is 12.2. The summed E-state index contributed by atoms with van der Waals surface area (Å²) in [5.74, 6) is -0.892. The molecule has 1 atom stereocenters. The quantitative estimate of drug-likeness (QED) is 0.0262. The van der Waals surface area contributed by atoms with Crippen LogP contribution in [-0.2, 0) is 28.6 Å². The Bertz CT molecular complexity index is 1030. The molecule has 0 unspecified atom stereocenters. The average Bonchev–Trinajstić information content (AvgIpc) is 3.26. The zero-order valence-corrected chi connectivity index (χ0v) is 40.7. The SMILES string of the molecule is CCCC/C=C\CCCCCCCC(=O)OC[C@@H](COC(=O)CCCCCCC/C=C\CCCCCCCC)OC(=O)CCCCCCCCC/C=C\CCCCCCCC. The second-order valence-electron chi connectivity index (χ2n) is 17.8. The monoisotopic (exact) mass is 857 g/mol. The van der Waals surface area contributed by atoms with Crippen LogP contribution >= 0.6 is 0 Å². The Morgan fingerprint density at radius 3 is 0.869 bits per heavy atom. The number of allylic oxidation sites excluding steroid dienone is 6. The van der Waals surface area contributed by atoms with Crippen LogP contribution in [0.1, 0.15) is 278 Å². The number of hydrogen-bond donors (Lipinski definition) is 0. The molecule has 0 aromatic heterocycles. The number of rotatable bonds is 48. The molecule has 0 aromatic carbocycles. The highest BCUT2D eigenvalue weighted by molar-refractivity contribution is 5.71. The second kappa shape index (κ2) is 50.3. The fourth-order valence-corrected chi connectivity index (χ4v) is 7.53. The van der Waals surface area contributed by atoms with Crippen LogP contribution in [0.2, 0.25) is 0 Å². The van der Waals surface area contributed by atoms with Gasteiger partial charge in [0.2, 0.25) is 0 Å². The molecule has 0 aliphatic heterocycles. The third kappa shape index (κ3) is 48.5. The summed E-state index contributed by atoms with van der Waals surface area (Å²) in [7, 11) is 0. The Balaban J connectivity index is 4.36. The van der Waals surface area contributed by atoms with Crippen molar-refractivity contribution in [2.75, 3.05) is 13.2 Å². The summed E-state index contributed by atoms with van der Waals surface area (Å²) in [4.78, 5) is 38.0. The van der Waals surface area contributed by atoms with Crippen LogP contribution in [0.5, 0.6) is 0 Å². The van der Waals surface area contributed by atoms with Gasteiger partial charge in [0.15, 0.2) is 6.10 Å². The topological polar surface area (TPSA) is 78.9 Å². The van der Waals surface area contributed by atoms with Gasteiger partial charge < -0.3 is 14.2 Å². The number of esters is 3. The van der Waals surface area contributed by atoms with Crippen molar-refractivity contribution in [1.29, 1.82) is 0 Å². The molecule has 0 fully saturated rings. The minimum Gasteiger partial charge on any atom is -0.462 e. The molecule has 0 amide bonds. The molecular formula is C55H100O6. The maximum absolute atomic E-state index is 12.8. The van der Waals surface area contributed by atoms with Gasteiger partial charge in [0.25, 0.3) is 0 Å². The van der Waals surface area contributed by atoms with Gasteiger partial charge in [0.1, 0.15) is 13.2 Å². The molecule has 0 heterocycles. The summed E-state index contributed by atoms with van der Waals surface area (Å²) < 4.78 is 16.8. The number of ether oxygens (including phenoxy) is 3. The lowest BCUT2D eigenvalue weighted by atomic mass is 10.1. The molecule has 0 saturated carbocycles. The molecule has 0 N–H and O–H groups in total. The van der Waals surface area contributed by atoms with Gasteiger partial charge in [0, 0.05) is 19.3 Å². The molecule has 6 nitrogen and oxygen atoms in total. The molecule has 0 aliphatic carbocycles. The van der Waals surface area contributed by atoms with E-state index in [1.54, 1.807) is 0 Å². The van der Waals surface area contributed by atoms with E-state index < -0.39 is 6.10 Å². The van der Waals surface area contributed by atoms with E-state index in [-0.39, 0.29) is 31.1 Å². The second-order valence-corrected chi connectivity index (χ2v) is 17.8. The molecule has 0 rings (SSSR count). The summed E-state index contributed by atoms with van der Waals surface area (Å²) in [6.45, 7) is 6.59. The van der Waals surface area contributed by atoms with Gasteiger partial charge in [-0.3, -0.25) is 14.4 Å². The zero-order chi connectivity index (χ0) is 44.4. The van der Waals surface area contributed by atoms with E-state index in [1.165, 1.54) is 167 Å². The van der Waals surface area contributed by atoms with E-state index in [2.05, 4.69) is 57.2 Å². The van der Waals surface area contributed by atoms with E-state index in [4.69, 9.17) is 14.2 Å². The third-order valence-electron chi connectivity index (χ3n) is 11.6. The fourth-order valence-electron chi connectivity index (χ4n) is 7.53. The molecule has 0 aliphatic rings. The molecule has 0 saturated heterocycles. The largest absolute Gasteiger partial charge is 0.462 e. The maximum atomic E-state index is 12.8. The van der Waals surface area contributed by atoms with Gasteiger partial charge in [-0.05, 0) is 89.9 Å². The Kier molecular flexibility index (Phi) is 48.3. The lowest BCUT2D eigenvalue weighted by molar-refractivity contribution is -0.167. The van der Waals surface area contributed by atoms with Crippen molar-refractivity contribution >= 4 is 17.9 Å². The number of carbonyl (C=O) groups is 3. The van der Waals surface area contributed by atoms with Crippen molar-refractivity contribution < 1.29 is 28.6 Å². The van der Waals surface area contributed by atoms with E-state index in [0.29, 0.717) is 19.3 Å². The summed E-state index contributed by atoms with van der Waals surface area (Å²) in [5, 5.41) is 0. The highest BCUT2D eigenvalue weighted by Crippen LogP contribution is 2.15. The smallest absolute Gasteiger partial charge is 0.306 e. The molecule has 0 spiro atoms. The Labute approximate surface area is 378 Å². The van der Waals surface area contributed by atoms with E-state index in [9.17, 15) is 14.4 Å². The Hall–Kier alpha value is -2.37. The van der Waals surface area contributed by atoms with Crippen molar-refractivity contribution in [2.24, 2.45) is 0 Å². The zero-order valence-electron chi connectivity index (χ0n) is 40.7. The Morgan fingerprint density at radius 1 is 0.311 bits per heavy atom. The molecule has 0 aromatic rings. The van der Waals surface area contributed by atoms with E-state index in [1.807, 2.05) is 0 Å². The molecule has 61 heavy (non-hydrogen) atoms. The number of unbranched alkanes of at least 4 members (excludes halogenated alkanes) is 31. The van der Waals surface area contributed by atoms with Crippen LogP contribution in [0.4, 0.5) is 0 Å². The van der Waals surface area contributed by atoms with Gasteiger partial charge in [-0.25, -0.2) is 0 Å². The average molecular weight is 857 g/mol. The van der Waals surface area contributed by atoms with Crippen molar-refractivity contribution in [3.63, 3.8) is 0 Å². The van der Waals surface area contributed by atoms with Crippen LogP contribution in [0.25, 0.3) is 0 Å². The first kappa shape index (κ1) is 58.6. The summed E-state index contributed by atoms with van der Waals surface area (Å²) in [6.07, 6.45) is 58.4. The standard InChI is InChI=1S/C55H100O6/c1-4-7-10-13-16-19-22-24-26-27-29-31-34-37-40-43-46-49-55(58)61-52(50-59-53(56)47-44-41-38-35-32-21-18-15-12-9-6-3)51-60-54(57)48-45-42-39-36-33-30-28-25-23-20-17-14-11-8-5-2/h15,18,24-26,28,52H,4-14,16-17,19-23,27,29-51H2,1-3H3/b18-15-,26-24-,28-25-/t52-/m0/s1. The summed E-state index contributed by atoms with van der Waals surface area (Å²) in [5.41, 5.74) is 0. The van der Waals surface area contributed by atoms with Gasteiger partial charge in [-0.2, -0.15) is 0 Å². The van der Waals surface area contributed by atoms with Gasteiger partial charge in [0.05, 0.1) is 0 Å². The molecule has 0 radical (unpaired) electrons. The first-order valence-electron chi connectivity index (χ1n) is 26.5. The predicted molar refractivity (Wildman–Crippen MR) is 261 cm³/mol. The number of hydrogen-bond acceptors (Lipinski definition) is 6. The third-order valence-corrected chi connectivity index (χ3v) is 11.6. The highest BCUT2D eigenvalue weighted by Gasteiger charge is 2.19. The fraction of sp³-hybridized carbons (Fsp3) is 0.836. The van der Waals surface area contributed by atoms with Gasteiger partial charge in [-0.1, -0.05) is 205 Å². The first-order chi connectivity index (χ1) is 30.0. The van der Waals surface area contributed by atoms with Crippen LogP contribution in [0, 0.1) is 0 Å². The maximum Gasteiger partial charge on any atom is 0.306 e. The van der Waals surface area contributed by atoms with E-state index >= 15 is 0 Å². The molecule has 6 heteroatoms. The van der Waals surface area contributed by atoms with Gasteiger partial charge >= 0.3 is 17.9 Å². The lowest BCUT2D eigenvalue weighted by Gasteiger charge is -2.18. The molecule has 0 bridgehead atoms. The minimum atomic E-state index is -0.778. The predicted octanol–water partition coefficient (Wildman–Crippen LogP) is 17.3. The van der Waals surface area contributed by atoms with Crippen molar-refractivity contribution in [2.45, 2.75) is 284 Å². The summed E-state index contributed by atoms with van der Waals surface area (Å²) >= 11 is 0. The van der Waals surface area contributed by atoms with Crippen molar-refractivity contribution in [3.05, 3.63) is 36.5 Å². The highest BCUT2D eigenvalue weighted by atomic mass is 16.6. The van der Waals surface area contributed by atoms with Crippen molar-refractivity contribution in [1.82, 2.24) is 0 Å². The minimum absolute atomic E-state index is 0.0793. The van der Waals surface area contributed by atoms with Crippen LogP contribution in [0.3, 0.4) is 0 Å². The lowest BCUT2D eigenvalue weighted by Crippen LogP contribution is -2.30. The van der Waals surface area contributed by atoms with Crippen LogP contribution < -0.4 is 0 Å². The van der Waals surface area contributed by atoms with E-state index in [0.717, 1.165) is 70.6 Å². The molecular weight excluding hydrogens is 757 g/mol. The number of carbonyl (C=O) groups excluding carboxylic acids is 3. The van der Waals surface area contributed by atoms with Crippen molar-refractivity contribution in [3.8, 4) is 0 Å². The van der Waals surface area contributed by atoms with Crippen LogP contribution in [-0.4, -0.2) is 37.2 Å². The van der Waals surface area contributed by atoms with Crippen LogP contribution in [0.15, 0.2) is 36.5 Å². The molecule has 356 valence electrons. The van der Waals surface area contributed by atoms with Gasteiger partial charge in [-0.15, -0.1) is 0 Å². The first-order valence-corrected chi connectivity index (χ1v) is 26.5. The Morgan fingerprint density at radius 2 is 0.557 bits per heavy atom.